The molecule has 0 saturated heterocycles. The number of aromatic nitrogens is 2. The molecule has 6 nitrogen and oxygen atoms in total. The number of benzene rings is 2. The van der Waals surface area contributed by atoms with Crippen LogP contribution in [0.3, 0.4) is 0 Å². The first-order chi connectivity index (χ1) is 13.9. The van der Waals surface area contributed by atoms with Crippen molar-refractivity contribution in [3.05, 3.63) is 78.2 Å². The van der Waals surface area contributed by atoms with Gasteiger partial charge in [-0.3, -0.25) is 4.79 Å². The maximum Gasteiger partial charge on any atom is 0.416 e. The van der Waals surface area contributed by atoms with Gasteiger partial charge in [-0.05, 0) is 24.3 Å². The summed E-state index contributed by atoms with van der Waals surface area (Å²) in [4.78, 5) is 16.4. The fourth-order valence-corrected chi connectivity index (χ4v) is 2.52. The van der Waals surface area contributed by atoms with Crippen LogP contribution >= 0.6 is 0 Å². The molecule has 0 fully saturated rings. The number of carbonyl (C=O) groups is 1. The minimum Gasteiger partial charge on any atom is -0.375 e. The Balaban J connectivity index is 1.69. The summed E-state index contributed by atoms with van der Waals surface area (Å²) in [6.07, 6.45) is -2.83. The third-order valence-corrected chi connectivity index (χ3v) is 3.95. The van der Waals surface area contributed by atoms with Gasteiger partial charge in [0.05, 0.1) is 17.7 Å². The van der Waals surface area contributed by atoms with Gasteiger partial charge in [0.1, 0.15) is 0 Å². The van der Waals surface area contributed by atoms with Gasteiger partial charge in [0.25, 0.3) is 5.91 Å². The van der Waals surface area contributed by atoms with Crippen LogP contribution in [-0.4, -0.2) is 22.6 Å². The lowest BCUT2D eigenvalue weighted by atomic mass is 10.1. The van der Waals surface area contributed by atoms with E-state index < -0.39 is 11.7 Å². The van der Waals surface area contributed by atoms with Crippen molar-refractivity contribution in [2.24, 2.45) is 0 Å². The molecule has 0 aliphatic carbocycles. The number of alkyl halides is 3. The molecule has 9 heteroatoms. The van der Waals surface area contributed by atoms with Crippen molar-refractivity contribution in [2.45, 2.75) is 12.7 Å². The maximum atomic E-state index is 12.7. The van der Waals surface area contributed by atoms with Crippen LogP contribution in [0.5, 0.6) is 0 Å². The molecule has 150 valence electrons. The summed E-state index contributed by atoms with van der Waals surface area (Å²) in [6.45, 7) is 4.03. The topological polar surface area (TPSA) is 80.0 Å². The van der Waals surface area contributed by atoms with Crippen molar-refractivity contribution in [1.29, 1.82) is 0 Å². The van der Waals surface area contributed by atoms with E-state index >= 15 is 0 Å². The molecule has 3 aromatic rings. The van der Waals surface area contributed by atoms with Crippen LogP contribution in [0, 0.1) is 0 Å². The lowest BCUT2D eigenvalue weighted by Crippen LogP contribution is -2.24. The zero-order valence-corrected chi connectivity index (χ0v) is 15.2. The van der Waals surface area contributed by atoms with Gasteiger partial charge < -0.3 is 15.2 Å². The van der Waals surface area contributed by atoms with Crippen molar-refractivity contribution in [1.82, 2.24) is 15.5 Å². The van der Waals surface area contributed by atoms with Crippen molar-refractivity contribution in [2.75, 3.05) is 11.9 Å². The molecule has 2 aromatic carbocycles. The van der Waals surface area contributed by atoms with Crippen molar-refractivity contribution >= 4 is 11.6 Å². The quantitative estimate of drug-likeness (QED) is 0.577. The van der Waals surface area contributed by atoms with E-state index in [0.717, 1.165) is 12.1 Å². The van der Waals surface area contributed by atoms with Crippen LogP contribution in [0.2, 0.25) is 0 Å². The Kier molecular flexibility index (Phi) is 5.96. The van der Waals surface area contributed by atoms with Gasteiger partial charge >= 0.3 is 6.18 Å². The second-order valence-corrected chi connectivity index (χ2v) is 5.98. The summed E-state index contributed by atoms with van der Waals surface area (Å²) in [5.41, 5.74) is 0.662. The molecule has 0 radical (unpaired) electrons. The highest BCUT2D eigenvalue weighted by atomic mass is 19.4. The van der Waals surface area contributed by atoms with Gasteiger partial charge in [-0.2, -0.15) is 18.2 Å². The average Bonchev–Trinajstić information content (AvgIpc) is 3.19. The highest BCUT2D eigenvalue weighted by Gasteiger charge is 2.30. The second-order valence-electron chi connectivity index (χ2n) is 5.98. The molecule has 0 saturated carbocycles. The Bertz CT molecular complexity index is 997. The molecule has 3 rings (SSSR count). The second kappa shape index (κ2) is 8.59. The summed E-state index contributed by atoms with van der Waals surface area (Å²) in [7, 11) is 0. The SMILES string of the molecule is C=CCNC(=O)c1ccccc1NCc1nc(-c2ccc(C(F)(F)F)cc2)no1. The number of rotatable bonds is 7. The largest absolute Gasteiger partial charge is 0.416 e. The van der Waals surface area contributed by atoms with Crippen LogP contribution in [0.15, 0.2) is 65.7 Å². The highest BCUT2D eigenvalue weighted by molar-refractivity contribution is 5.99. The summed E-state index contributed by atoms with van der Waals surface area (Å²) in [5, 5.41) is 9.54. The molecule has 1 amide bonds. The number of carbonyl (C=O) groups excluding carboxylic acids is 1. The number of amides is 1. The zero-order chi connectivity index (χ0) is 20.9. The Morgan fingerprint density at radius 2 is 1.86 bits per heavy atom. The molecular weight excluding hydrogens is 385 g/mol. The zero-order valence-electron chi connectivity index (χ0n) is 15.2. The van der Waals surface area contributed by atoms with Crippen LogP contribution in [0.25, 0.3) is 11.4 Å². The molecule has 1 heterocycles. The summed E-state index contributed by atoms with van der Waals surface area (Å²) < 4.78 is 43.1. The third-order valence-electron chi connectivity index (χ3n) is 3.95. The van der Waals surface area contributed by atoms with E-state index in [1.54, 1.807) is 30.3 Å². The molecule has 2 N–H and O–H groups in total. The Hall–Kier alpha value is -3.62. The van der Waals surface area contributed by atoms with Crippen LogP contribution in [0.1, 0.15) is 21.8 Å². The molecule has 0 bridgehead atoms. The number of anilines is 1. The fourth-order valence-electron chi connectivity index (χ4n) is 2.52. The maximum absolute atomic E-state index is 12.7. The molecule has 1 aromatic heterocycles. The Morgan fingerprint density at radius 1 is 1.14 bits per heavy atom. The van der Waals surface area contributed by atoms with Crippen LogP contribution < -0.4 is 10.6 Å². The van der Waals surface area contributed by atoms with Crippen molar-refractivity contribution < 1.29 is 22.5 Å². The summed E-state index contributed by atoms with van der Waals surface area (Å²) in [5.74, 6) is 0.137. The predicted molar refractivity (Wildman–Crippen MR) is 101 cm³/mol. The minimum absolute atomic E-state index is 0.138. The fraction of sp³-hybridized carbons (Fsp3) is 0.150. The Labute approximate surface area is 164 Å². The smallest absolute Gasteiger partial charge is 0.375 e. The van der Waals surface area contributed by atoms with E-state index in [1.807, 2.05) is 0 Å². The monoisotopic (exact) mass is 402 g/mol. The molecule has 0 aliphatic heterocycles. The van der Waals surface area contributed by atoms with Gasteiger partial charge in [0.2, 0.25) is 11.7 Å². The molecule has 0 atom stereocenters. The normalized spacial score (nSPS) is 11.1. The summed E-state index contributed by atoms with van der Waals surface area (Å²) >= 11 is 0. The molecular formula is C20H17F3N4O2. The first kappa shape index (κ1) is 20.1. The van der Waals surface area contributed by atoms with Gasteiger partial charge in [-0.25, -0.2) is 0 Å². The number of nitrogens with one attached hydrogen (secondary N) is 2. The van der Waals surface area contributed by atoms with E-state index in [9.17, 15) is 18.0 Å². The van der Waals surface area contributed by atoms with E-state index in [0.29, 0.717) is 23.4 Å². The van der Waals surface area contributed by atoms with E-state index in [1.165, 1.54) is 12.1 Å². The minimum atomic E-state index is -4.41. The van der Waals surface area contributed by atoms with Gasteiger partial charge in [-0.15, -0.1) is 6.58 Å². The predicted octanol–water partition coefficient (Wildman–Crippen LogP) is 4.28. The number of hydrogen-bond donors (Lipinski definition) is 2. The number of halogens is 3. The third kappa shape index (κ3) is 5.01. The van der Waals surface area contributed by atoms with Crippen LogP contribution in [0.4, 0.5) is 18.9 Å². The lowest BCUT2D eigenvalue weighted by Gasteiger charge is -2.10. The van der Waals surface area contributed by atoms with E-state index in [4.69, 9.17) is 4.52 Å². The number of nitrogens with zero attached hydrogens (tertiary/aromatic N) is 2. The highest BCUT2D eigenvalue weighted by Crippen LogP contribution is 2.30. The van der Waals surface area contributed by atoms with Gasteiger partial charge in [0, 0.05) is 17.8 Å². The molecule has 0 unspecified atom stereocenters. The van der Waals surface area contributed by atoms with Gasteiger partial charge in [0.15, 0.2) is 0 Å². The molecule has 0 spiro atoms. The van der Waals surface area contributed by atoms with E-state index in [2.05, 4.69) is 27.4 Å². The van der Waals surface area contributed by atoms with Gasteiger partial charge in [-0.1, -0.05) is 35.5 Å². The summed E-state index contributed by atoms with van der Waals surface area (Å²) in [6, 6.07) is 11.4. The lowest BCUT2D eigenvalue weighted by molar-refractivity contribution is -0.137. The first-order valence-electron chi connectivity index (χ1n) is 8.60. The van der Waals surface area contributed by atoms with E-state index in [-0.39, 0.29) is 24.2 Å². The number of hydrogen-bond acceptors (Lipinski definition) is 5. The average molecular weight is 402 g/mol. The Morgan fingerprint density at radius 3 is 2.55 bits per heavy atom. The molecule has 29 heavy (non-hydrogen) atoms. The first-order valence-corrected chi connectivity index (χ1v) is 8.60. The van der Waals surface area contributed by atoms with Crippen LogP contribution in [-0.2, 0) is 12.7 Å². The molecule has 0 aliphatic rings. The van der Waals surface area contributed by atoms with Crippen molar-refractivity contribution in [3.8, 4) is 11.4 Å². The number of para-hydroxylation sites is 1. The standard InChI is InChI=1S/C20H17F3N4O2/c1-2-11-24-19(28)15-5-3-4-6-16(15)25-12-17-26-18(27-29-17)13-7-9-14(10-8-13)20(21,22)23/h2-10,25H,1,11-12H2,(H,24,28). The van der Waals surface area contributed by atoms with Crippen molar-refractivity contribution in [3.63, 3.8) is 0 Å².